The molecule has 1 aliphatic heterocycles. The topological polar surface area (TPSA) is 56.0 Å². The number of imidazole rings is 1. The maximum Gasteiger partial charge on any atom is 0.329 e. The van der Waals surface area contributed by atoms with Gasteiger partial charge in [-0.15, -0.1) is 0 Å². The fourth-order valence-corrected chi connectivity index (χ4v) is 3.84. The molecule has 24 heavy (non-hydrogen) atoms. The molecule has 0 unspecified atom stereocenters. The minimum absolute atomic E-state index is 0.00368. The van der Waals surface area contributed by atoms with Crippen LogP contribution >= 0.6 is 11.6 Å². The van der Waals surface area contributed by atoms with Crippen LogP contribution in [0.4, 0.5) is 0 Å². The van der Waals surface area contributed by atoms with Crippen molar-refractivity contribution >= 4 is 33.7 Å². The van der Waals surface area contributed by atoms with E-state index < -0.39 is 0 Å². The summed E-state index contributed by atoms with van der Waals surface area (Å²) in [5, 5.41) is 0.417. The second-order valence-corrected chi connectivity index (χ2v) is 6.76. The Balaban J connectivity index is 1.96. The number of hydrogen-bond donors (Lipinski definition) is 0. The van der Waals surface area contributed by atoms with E-state index >= 15 is 0 Å². The highest BCUT2D eigenvalue weighted by Gasteiger charge is 2.25. The van der Waals surface area contributed by atoms with Gasteiger partial charge in [-0.2, -0.15) is 0 Å². The predicted octanol–water partition coefficient (Wildman–Crippen LogP) is 2.59. The lowest BCUT2D eigenvalue weighted by Crippen LogP contribution is -2.37. The summed E-state index contributed by atoms with van der Waals surface area (Å²) >= 11 is 6.10. The van der Waals surface area contributed by atoms with Crippen molar-refractivity contribution in [3.63, 3.8) is 0 Å². The summed E-state index contributed by atoms with van der Waals surface area (Å²) in [4.78, 5) is 24.2. The number of aromatic nitrogens is 4. The van der Waals surface area contributed by atoms with Gasteiger partial charge < -0.3 is 4.90 Å². The zero-order valence-corrected chi connectivity index (χ0v) is 14.6. The maximum absolute atomic E-state index is 12.9. The minimum atomic E-state index is -0.00368. The molecule has 0 radical (unpaired) electrons. The molecular formula is C17H20ClN5O. The highest BCUT2D eigenvalue weighted by molar-refractivity contribution is 6.30. The first-order chi connectivity index (χ1) is 11.6. The fourth-order valence-electron chi connectivity index (χ4n) is 3.70. The van der Waals surface area contributed by atoms with Crippen molar-refractivity contribution in [3.05, 3.63) is 34.0 Å². The lowest BCUT2D eigenvalue weighted by molar-refractivity contribution is 0.194. The molecule has 1 aliphatic rings. The largest absolute Gasteiger partial charge is 0.329 e. The van der Waals surface area contributed by atoms with Gasteiger partial charge in [0.2, 0.25) is 0 Å². The minimum Gasteiger partial charge on any atom is -0.303 e. The second kappa shape index (κ2) is 5.86. The van der Waals surface area contributed by atoms with Gasteiger partial charge in [-0.05, 0) is 31.5 Å². The van der Waals surface area contributed by atoms with Crippen molar-refractivity contribution in [2.75, 3.05) is 19.6 Å². The van der Waals surface area contributed by atoms with Crippen LogP contribution in [0.15, 0.2) is 23.1 Å². The molecule has 0 aliphatic carbocycles. The predicted molar refractivity (Wildman–Crippen MR) is 95.7 cm³/mol. The van der Waals surface area contributed by atoms with Crippen LogP contribution in [0.2, 0.25) is 5.15 Å². The van der Waals surface area contributed by atoms with Crippen LogP contribution in [0.3, 0.4) is 0 Å². The molecule has 4 rings (SSSR count). The van der Waals surface area contributed by atoms with Crippen LogP contribution in [0, 0.1) is 0 Å². The van der Waals surface area contributed by atoms with E-state index in [4.69, 9.17) is 11.6 Å². The van der Waals surface area contributed by atoms with E-state index in [9.17, 15) is 4.79 Å². The third kappa shape index (κ3) is 2.32. The molecule has 4 heterocycles. The van der Waals surface area contributed by atoms with E-state index in [2.05, 4.69) is 21.8 Å². The Bertz CT molecular complexity index is 968. The van der Waals surface area contributed by atoms with E-state index in [0.29, 0.717) is 10.7 Å². The van der Waals surface area contributed by atoms with Crippen LogP contribution in [0.25, 0.3) is 22.1 Å². The Morgan fingerprint density at radius 2 is 2.04 bits per heavy atom. The van der Waals surface area contributed by atoms with Gasteiger partial charge in [-0.3, -0.25) is 14.1 Å². The standard InChI is InChI=1S/C17H20ClN5O/c1-3-22-8-6-11(7-9-22)23-16-13(21(2)17(23)24)10-19-12-4-5-14(18)20-15(12)16/h4-5,10-11H,3,6-9H2,1-2H3. The highest BCUT2D eigenvalue weighted by atomic mass is 35.5. The quantitative estimate of drug-likeness (QED) is 0.670. The number of aryl methyl sites for hydroxylation is 1. The van der Waals surface area contributed by atoms with Crippen molar-refractivity contribution in [2.24, 2.45) is 7.05 Å². The van der Waals surface area contributed by atoms with E-state index in [1.54, 1.807) is 23.9 Å². The van der Waals surface area contributed by atoms with Gasteiger partial charge in [0, 0.05) is 26.2 Å². The summed E-state index contributed by atoms with van der Waals surface area (Å²) in [5.74, 6) is 0. The van der Waals surface area contributed by atoms with Crippen LogP contribution in [0.1, 0.15) is 25.8 Å². The van der Waals surface area contributed by atoms with E-state index in [1.807, 2.05) is 10.6 Å². The van der Waals surface area contributed by atoms with Crippen molar-refractivity contribution in [1.82, 2.24) is 24.0 Å². The molecular weight excluding hydrogens is 326 g/mol. The molecule has 0 bridgehead atoms. The van der Waals surface area contributed by atoms with Gasteiger partial charge in [0.15, 0.2) is 0 Å². The van der Waals surface area contributed by atoms with Gasteiger partial charge >= 0.3 is 5.69 Å². The first-order valence-corrected chi connectivity index (χ1v) is 8.72. The normalized spacial score (nSPS) is 17.1. The number of rotatable bonds is 2. The number of nitrogens with zero attached hydrogens (tertiary/aromatic N) is 5. The third-order valence-electron chi connectivity index (χ3n) is 5.10. The van der Waals surface area contributed by atoms with Gasteiger partial charge in [-0.25, -0.2) is 9.78 Å². The van der Waals surface area contributed by atoms with E-state index in [0.717, 1.165) is 49.0 Å². The molecule has 3 aromatic heterocycles. The lowest BCUT2D eigenvalue weighted by atomic mass is 10.0. The third-order valence-corrected chi connectivity index (χ3v) is 5.31. The van der Waals surface area contributed by atoms with Gasteiger partial charge in [-0.1, -0.05) is 18.5 Å². The van der Waals surface area contributed by atoms with Crippen molar-refractivity contribution < 1.29 is 0 Å². The maximum atomic E-state index is 12.9. The number of pyridine rings is 2. The van der Waals surface area contributed by atoms with Crippen LogP contribution in [-0.4, -0.2) is 43.6 Å². The number of fused-ring (bicyclic) bond motifs is 3. The summed E-state index contributed by atoms with van der Waals surface area (Å²) in [7, 11) is 1.79. The summed E-state index contributed by atoms with van der Waals surface area (Å²) in [6.45, 7) is 5.26. The van der Waals surface area contributed by atoms with Crippen molar-refractivity contribution in [2.45, 2.75) is 25.8 Å². The van der Waals surface area contributed by atoms with E-state index in [-0.39, 0.29) is 11.7 Å². The molecule has 1 saturated heterocycles. The first kappa shape index (κ1) is 15.6. The molecule has 126 valence electrons. The fraction of sp³-hybridized carbons (Fsp3) is 0.471. The number of hydrogen-bond acceptors (Lipinski definition) is 4. The Labute approximate surface area is 144 Å². The zero-order valence-electron chi connectivity index (χ0n) is 13.9. The summed E-state index contributed by atoms with van der Waals surface area (Å²) in [5.41, 5.74) is 3.12. The van der Waals surface area contributed by atoms with E-state index in [1.165, 1.54) is 0 Å². The SMILES string of the molecule is CCN1CCC(n2c(=O)n(C)c3cnc4ccc(Cl)nc4c32)CC1. The van der Waals surface area contributed by atoms with Gasteiger partial charge in [0.25, 0.3) is 0 Å². The highest BCUT2D eigenvalue weighted by Crippen LogP contribution is 2.29. The molecule has 1 fully saturated rings. The molecule has 0 atom stereocenters. The Morgan fingerprint density at radius 3 is 2.75 bits per heavy atom. The molecule has 0 aromatic carbocycles. The van der Waals surface area contributed by atoms with Crippen LogP contribution in [0.5, 0.6) is 0 Å². The van der Waals surface area contributed by atoms with Crippen molar-refractivity contribution in [3.8, 4) is 0 Å². The first-order valence-electron chi connectivity index (χ1n) is 8.34. The molecule has 0 N–H and O–H groups in total. The summed E-state index contributed by atoms with van der Waals surface area (Å²) < 4.78 is 3.58. The average Bonchev–Trinajstić information content (AvgIpc) is 2.87. The average molecular weight is 346 g/mol. The lowest BCUT2D eigenvalue weighted by Gasteiger charge is -2.31. The molecule has 6 nitrogen and oxygen atoms in total. The number of piperidine rings is 1. The summed E-state index contributed by atoms with van der Waals surface area (Å²) in [6.07, 6.45) is 3.70. The van der Waals surface area contributed by atoms with Crippen LogP contribution < -0.4 is 5.69 Å². The van der Waals surface area contributed by atoms with Crippen molar-refractivity contribution in [1.29, 1.82) is 0 Å². The monoisotopic (exact) mass is 345 g/mol. The zero-order chi connectivity index (χ0) is 16.8. The number of halogens is 1. The molecule has 0 amide bonds. The molecule has 0 saturated carbocycles. The Hall–Kier alpha value is -1.92. The Kier molecular flexibility index (Phi) is 3.81. The number of likely N-dealkylation sites (tertiary alicyclic amines) is 1. The van der Waals surface area contributed by atoms with Gasteiger partial charge in [0.1, 0.15) is 10.7 Å². The van der Waals surface area contributed by atoms with Gasteiger partial charge in [0.05, 0.1) is 22.7 Å². The summed E-state index contributed by atoms with van der Waals surface area (Å²) in [6, 6.07) is 3.77. The molecule has 0 spiro atoms. The Morgan fingerprint density at radius 1 is 1.29 bits per heavy atom. The smallest absolute Gasteiger partial charge is 0.303 e. The molecule has 3 aromatic rings. The second-order valence-electron chi connectivity index (χ2n) is 6.37. The van der Waals surface area contributed by atoms with Crippen LogP contribution in [-0.2, 0) is 7.05 Å². The molecule has 7 heteroatoms.